The highest BCUT2D eigenvalue weighted by molar-refractivity contribution is 7.07. The average Bonchev–Trinajstić information content (AvgIpc) is 2.99. The van der Waals surface area contributed by atoms with Gasteiger partial charge < -0.3 is 10.3 Å². The summed E-state index contributed by atoms with van der Waals surface area (Å²) in [7, 11) is 0. The van der Waals surface area contributed by atoms with Gasteiger partial charge in [-0.15, -0.1) is 0 Å². The van der Waals surface area contributed by atoms with Crippen LogP contribution in [0.25, 0.3) is 0 Å². The van der Waals surface area contributed by atoms with E-state index in [4.69, 9.17) is 4.79 Å². The number of hydrogen-bond donors (Lipinski definition) is 1. The van der Waals surface area contributed by atoms with Crippen molar-refractivity contribution in [1.29, 1.82) is 0 Å². The molecule has 1 amide bonds. The fraction of sp³-hybridized carbons (Fsp3) is 0.333. The number of nitrogens with two attached hydrogens (primary N) is 1. The number of carbonyl (C=O) groups is 1. The molecule has 2 rings (SSSR count). The van der Waals surface area contributed by atoms with Crippen LogP contribution in [0.1, 0.15) is 18.4 Å². The number of hydrogen-bond acceptors (Lipinski definition) is 3. The molecule has 4 nitrogen and oxygen atoms in total. The molecule has 0 aliphatic heterocycles. The van der Waals surface area contributed by atoms with Crippen LogP contribution in [0.2, 0.25) is 0 Å². The van der Waals surface area contributed by atoms with Gasteiger partial charge in [-0.05, 0) is 41.7 Å². The normalized spacial score (nSPS) is 9.41. The molecular formula is C12H17N3OS. The standard InChI is InChI=1S/C11H14N2S.CH3NO/c1(3-11-4-8-14-9-11)2-6-13-7-5-12-10-13;2-1-3/h4-5,7-10H,1-3,6H2;1H,(H2,2,3). The molecular weight excluding hydrogens is 234 g/mol. The quantitative estimate of drug-likeness (QED) is 0.653. The van der Waals surface area contributed by atoms with Crippen LogP contribution in [0.4, 0.5) is 0 Å². The van der Waals surface area contributed by atoms with Crippen molar-refractivity contribution in [3.63, 3.8) is 0 Å². The number of thiophene rings is 1. The molecule has 0 unspecified atom stereocenters. The zero-order valence-corrected chi connectivity index (χ0v) is 10.5. The highest BCUT2D eigenvalue weighted by Crippen LogP contribution is 2.09. The van der Waals surface area contributed by atoms with Gasteiger partial charge in [-0.2, -0.15) is 11.3 Å². The first kappa shape index (κ1) is 13.4. The molecule has 0 aliphatic carbocycles. The number of aryl methyl sites for hydroxylation is 2. The van der Waals surface area contributed by atoms with Gasteiger partial charge in [0.15, 0.2) is 0 Å². The number of rotatable bonds is 5. The van der Waals surface area contributed by atoms with Crippen molar-refractivity contribution in [3.8, 4) is 0 Å². The molecule has 0 aromatic carbocycles. The van der Waals surface area contributed by atoms with E-state index in [0.29, 0.717) is 0 Å². The molecule has 0 atom stereocenters. The van der Waals surface area contributed by atoms with E-state index in [1.165, 1.54) is 24.8 Å². The molecule has 0 bridgehead atoms. The molecule has 2 heterocycles. The summed E-state index contributed by atoms with van der Waals surface area (Å²) in [6, 6.07) is 2.21. The Labute approximate surface area is 105 Å². The van der Waals surface area contributed by atoms with Crippen LogP contribution >= 0.6 is 11.3 Å². The highest BCUT2D eigenvalue weighted by Gasteiger charge is 1.94. The molecule has 2 aromatic heterocycles. The van der Waals surface area contributed by atoms with E-state index in [2.05, 4.69) is 32.1 Å². The Hall–Kier alpha value is -1.62. The van der Waals surface area contributed by atoms with Crippen LogP contribution in [-0.4, -0.2) is 16.0 Å². The highest BCUT2D eigenvalue weighted by atomic mass is 32.1. The Morgan fingerprint density at radius 3 is 2.88 bits per heavy atom. The van der Waals surface area contributed by atoms with Crippen molar-refractivity contribution < 1.29 is 4.79 Å². The maximum atomic E-state index is 8.58. The third-order valence-electron chi connectivity index (χ3n) is 2.27. The smallest absolute Gasteiger partial charge is 0.204 e. The third-order valence-corrected chi connectivity index (χ3v) is 3.00. The van der Waals surface area contributed by atoms with Gasteiger partial charge in [0.05, 0.1) is 6.33 Å². The molecule has 0 spiro atoms. The first-order valence-corrected chi connectivity index (χ1v) is 6.43. The minimum absolute atomic E-state index is 0.250. The van der Waals surface area contributed by atoms with Gasteiger partial charge >= 0.3 is 0 Å². The minimum Gasteiger partial charge on any atom is -0.372 e. The second kappa shape index (κ2) is 8.52. The van der Waals surface area contributed by atoms with Crippen LogP contribution in [-0.2, 0) is 17.8 Å². The van der Waals surface area contributed by atoms with E-state index in [1.807, 2.05) is 18.7 Å². The van der Waals surface area contributed by atoms with E-state index in [9.17, 15) is 0 Å². The van der Waals surface area contributed by atoms with E-state index >= 15 is 0 Å². The number of nitrogens with zero attached hydrogens (tertiary/aromatic N) is 2. The summed E-state index contributed by atoms with van der Waals surface area (Å²) in [5, 5.41) is 4.38. The largest absolute Gasteiger partial charge is 0.372 e. The van der Waals surface area contributed by atoms with Crippen LogP contribution in [0, 0.1) is 0 Å². The summed E-state index contributed by atoms with van der Waals surface area (Å²) in [5.74, 6) is 0. The average molecular weight is 251 g/mol. The molecule has 92 valence electrons. The Balaban J connectivity index is 0.000000437. The van der Waals surface area contributed by atoms with Crippen molar-refractivity contribution in [2.24, 2.45) is 5.73 Å². The molecule has 0 saturated carbocycles. The lowest BCUT2D eigenvalue weighted by Gasteiger charge is -2.00. The molecule has 0 radical (unpaired) electrons. The first-order chi connectivity index (χ1) is 8.36. The number of primary amides is 1. The van der Waals surface area contributed by atoms with Crippen molar-refractivity contribution in [1.82, 2.24) is 9.55 Å². The zero-order chi connectivity index (χ0) is 12.3. The van der Waals surface area contributed by atoms with Crippen molar-refractivity contribution >= 4 is 17.7 Å². The summed E-state index contributed by atoms with van der Waals surface area (Å²) >= 11 is 1.78. The summed E-state index contributed by atoms with van der Waals surface area (Å²) in [5.41, 5.74) is 5.64. The molecule has 2 N–H and O–H groups in total. The molecule has 2 aromatic rings. The summed E-state index contributed by atoms with van der Waals surface area (Å²) in [6.07, 6.45) is 9.67. The van der Waals surface area contributed by atoms with Crippen LogP contribution < -0.4 is 5.73 Å². The lowest BCUT2D eigenvalue weighted by Crippen LogP contribution is -1.94. The SMILES string of the molecule is NC=O.c1cn(CCCCc2ccsc2)cn1. The first-order valence-electron chi connectivity index (χ1n) is 5.49. The van der Waals surface area contributed by atoms with Gasteiger partial charge in [-0.3, -0.25) is 4.79 Å². The van der Waals surface area contributed by atoms with E-state index < -0.39 is 0 Å². The molecule has 0 aliphatic rings. The Morgan fingerprint density at radius 2 is 2.29 bits per heavy atom. The van der Waals surface area contributed by atoms with E-state index in [-0.39, 0.29) is 6.41 Å². The minimum atomic E-state index is 0.250. The number of aromatic nitrogens is 2. The maximum absolute atomic E-state index is 8.58. The monoisotopic (exact) mass is 251 g/mol. The summed E-state index contributed by atoms with van der Waals surface area (Å²) in [6.45, 7) is 1.09. The van der Waals surface area contributed by atoms with Crippen LogP contribution in [0.15, 0.2) is 35.5 Å². The molecule has 17 heavy (non-hydrogen) atoms. The number of unbranched alkanes of at least 4 members (excludes halogenated alkanes) is 1. The summed E-state index contributed by atoms with van der Waals surface area (Å²) in [4.78, 5) is 12.6. The molecule has 0 saturated heterocycles. The summed E-state index contributed by atoms with van der Waals surface area (Å²) < 4.78 is 2.13. The number of imidazole rings is 1. The lowest BCUT2D eigenvalue weighted by atomic mass is 10.1. The van der Waals surface area contributed by atoms with Gasteiger partial charge in [-0.25, -0.2) is 4.98 Å². The second-order valence-corrected chi connectivity index (χ2v) is 4.31. The Bertz CT molecular complexity index is 348. The van der Waals surface area contributed by atoms with Gasteiger partial charge in [0.25, 0.3) is 0 Å². The van der Waals surface area contributed by atoms with Gasteiger partial charge in [0.2, 0.25) is 6.41 Å². The van der Waals surface area contributed by atoms with Crippen LogP contribution in [0.5, 0.6) is 0 Å². The van der Waals surface area contributed by atoms with Gasteiger partial charge in [-0.1, -0.05) is 0 Å². The van der Waals surface area contributed by atoms with Crippen molar-refractivity contribution in [2.45, 2.75) is 25.8 Å². The van der Waals surface area contributed by atoms with Gasteiger partial charge in [0.1, 0.15) is 0 Å². The number of carbonyl (C=O) groups excluding carboxylic acids is 1. The van der Waals surface area contributed by atoms with Gasteiger partial charge in [0, 0.05) is 18.9 Å². The topological polar surface area (TPSA) is 60.9 Å². The number of amides is 1. The lowest BCUT2D eigenvalue weighted by molar-refractivity contribution is -0.106. The van der Waals surface area contributed by atoms with Crippen molar-refractivity contribution in [3.05, 3.63) is 41.1 Å². The fourth-order valence-corrected chi connectivity index (χ4v) is 2.18. The maximum Gasteiger partial charge on any atom is 0.204 e. The second-order valence-electron chi connectivity index (χ2n) is 3.53. The predicted octanol–water partition coefficient (Wildman–Crippen LogP) is 2.07. The van der Waals surface area contributed by atoms with Crippen molar-refractivity contribution in [2.75, 3.05) is 0 Å². The molecule has 5 heteroatoms. The van der Waals surface area contributed by atoms with E-state index in [0.717, 1.165) is 6.54 Å². The van der Waals surface area contributed by atoms with E-state index in [1.54, 1.807) is 11.3 Å². The Kier molecular flexibility index (Phi) is 6.74. The molecule has 0 fully saturated rings. The predicted molar refractivity (Wildman–Crippen MR) is 69.7 cm³/mol. The Morgan fingerprint density at radius 1 is 1.47 bits per heavy atom. The van der Waals surface area contributed by atoms with Crippen LogP contribution in [0.3, 0.4) is 0 Å². The fourth-order valence-electron chi connectivity index (χ4n) is 1.48. The zero-order valence-electron chi connectivity index (χ0n) is 9.66. The third kappa shape index (κ3) is 5.87.